The third-order valence-electron chi connectivity index (χ3n) is 3.64. The van der Waals surface area contributed by atoms with Crippen molar-refractivity contribution in [3.8, 4) is 5.75 Å². The van der Waals surface area contributed by atoms with Crippen molar-refractivity contribution in [2.45, 2.75) is 18.9 Å². The van der Waals surface area contributed by atoms with Crippen LogP contribution in [-0.4, -0.2) is 26.4 Å². The summed E-state index contributed by atoms with van der Waals surface area (Å²) in [6.07, 6.45) is 2.25. The van der Waals surface area contributed by atoms with Crippen LogP contribution in [-0.2, 0) is 4.74 Å². The smallest absolute Gasteiger partial charge is 0.124 e. The molecule has 1 N–H and O–H groups in total. The maximum atomic E-state index is 5.66. The summed E-state index contributed by atoms with van der Waals surface area (Å²) in [6, 6.07) is 8.78. The molecule has 3 heteroatoms. The summed E-state index contributed by atoms with van der Waals surface area (Å²) in [5.41, 5.74) is 1.30. The zero-order chi connectivity index (χ0) is 11.5. The van der Waals surface area contributed by atoms with Gasteiger partial charge in [-0.3, -0.25) is 0 Å². The molecule has 1 aromatic carbocycles. The van der Waals surface area contributed by atoms with Crippen molar-refractivity contribution in [1.82, 2.24) is 5.32 Å². The lowest BCUT2D eigenvalue weighted by atomic mass is 9.99. The van der Waals surface area contributed by atoms with Crippen LogP contribution < -0.4 is 10.1 Å². The van der Waals surface area contributed by atoms with Crippen molar-refractivity contribution < 1.29 is 9.47 Å². The number of ether oxygens (including phenoxy) is 2. The number of nitrogens with one attached hydrogen (secondary N) is 1. The summed E-state index contributed by atoms with van der Waals surface area (Å²) in [5, 5.41) is 3.66. The number of hydrogen-bond acceptors (Lipinski definition) is 3. The lowest BCUT2D eigenvalue weighted by Crippen LogP contribution is -2.31. The highest BCUT2D eigenvalue weighted by Crippen LogP contribution is 2.31. The fourth-order valence-electron chi connectivity index (χ4n) is 2.61. The first kappa shape index (κ1) is 11.1. The summed E-state index contributed by atoms with van der Waals surface area (Å²) in [5.74, 6) is 1.73. The highest BCUT2D eigenvalue weighted by Gasteiger charge is 2.22. The Bertz CT molecular complexity index is 374. The minimum Gasteiger partial charge on any atom is -0.493 e. The van der Waals surface area contributed by atoms with E-state index in [1.807, 2.05) is 6.07 Å². The van der Waals surface area contributed by atoms with Gasteiger partial charge in [0.25, 0.3) is 0 Å². The standard InChI is InChI=1S/C14H19NO2/c1-2-4-14-12(3-1)13(6-8-17-14)15-9-11-5-7-16-10-11/h1-4,11,13,15H,5-10H2. The molecular weight excluding hydrogens is 214 g/mol. The number of rotatable bonds is 3. The Morgan fingerprint density at radius 3 is 3.00 bits per heavy atom. The molecule has 0 spiro atoms. The first-order valence-corrected chi connectivity index (χ1v) is 6.46. The fourth-order valence-corrected chi connectivity index (χ4v) is 2.61. The molecule has 2 aliphatic rings. The summed E-state index contributed by atoms with van der Waals surface area (Å²) >= 11 is 0. The maximum absolute atomic E-state index is 5.66. The Labute approximate surface area is 102 Å². The number of fused-ring (bicyclic) bond motifs is 1. The normalized spacial score (nSPS) is 27.5. The lowest BCUT2D eigenvalue weighted by Gasteiger charge is -2.27. The molecule has 0 aromatic heterocycles. The third-order valence-corrected chi connectivity index (χ3v) is 3.64. The molecule has 0 radical (unpaired) electrons. The van der Waals surface area contributed by atoms with Crippen LogP contribution in [0.5, 0.6) is 5.75 Å². The van der Waals surface area contributed by atoms with Crippen LogP contribution in [0, 0.1) is 5.92 Å². The predicted molar refractivity (Wildman–Crippen MR) is 66.2 cm³/mol. The first-order valence-electron chi connectivity index (χ1n) is 6.46. The molecule has 0 bridgehead atoms. The van der Waals surface area contributed by atoms with Crippen LogP contribution in [0.25, 0.3) is 0 Å². The predicted octanol–water partition coefficient (Wildman–Crippen LogP) is 2.14. The van der Waals surface area contributed by atoms with Gasteiger partial charge in [0.1, 0.15) is 5.75 Å². The van der Waals surface area contributed by atoms with E-state index < -0.39 is 0 Å². The van der Waals surface area contributed by atoms with Crippen molar-refractivity contribution in [3.05, 3.63) is 29.8 Å². The van der Waals surface area contributed by atoms with Crippen LogP contribution in [0.3, 0.4) is 0 Å². The van der Waals surface area contributed by atoms with Crippen molar-refractivity contribution in [2.24, 2.45) is 5.92 Å². The summed E-state index contributed by atoms with van der Waals surface area (Å²) in [4.78, 5) is 0. The Morgan fingerprint density at radius 2 is 2.12 bits per heavy atom. The summed E-state index contributed by atoms with van der Waals surface area (Å²) in [6.45, 7) is 3.71. The second-order valence-corrected chi connectivity index (χ2v) is 4.87. The second kappa shape index (κ2) is 5.07. The van der Waals surface area contributed by atoms with E-state index in [-0.39, 0.29) is 0 Å². The summed E-state index contributed by atoms with van der Waals surface area (Å²) in [7, 11) is 0. The largest absolute Gasteiger partial charge is 0.493 e. The molecule has 2 aliphatic heterocycles. The molecule has 3 nitrogen and oxygen atoms in total. The molecule has 1 fully saturated rings. The van der Waals surface area contributed by atoms with E-state index in [1.54, 1.807) is 0 Å². The van der Waals surface area contributed by atoms with Gasteiger partial charge < -0.3 is 14.8 Å². The average molecular weight is 233 g/mol. The van der Waals surface area contributed by atoms with Crippen molar-refractivity contribution in [2.75, 3.05) is 26.4 Å². The van der Waals surface area contributed by atoms with E-state index in [0.717, 1.165) is 38.5 Å². The van der Waals surface area contributed by atoms with Gasteiger partial charge in [-0.25, -0.2) is 0 Å². The van der Waals surface area contributed by atoms with Gasteiger partial charge in [0.15, 0.2) is 0 Å². The van der Waals surface area contributed by atoms with E-state index in [2.05, 4.69) is 23.5 Å². The third kappa shape index (κ3) is 2.45. The van der Waals surface area contributed by atoms with E-state index in [9.17, 15) is 0 Å². The quantitative estimate of drug-likeness (QED) is 0.867. The van der Waals surface area contributed by atoms with Crippen molar-refractivity contribution in [3.63, 3.8) is 0 Å². The van der Waals surface area contributed by atoms with Gasteiger partial charge >= 0.3 is 0 Å². The Kier molecular flexibility index (Phi) is 3.29. The molecule has 92 valence electrons. The Hall–Kier alpha value is -1.06. The van der Waals surface area contributed by atoms with Crippen LogP contribution in [0.2, 0.25) is 0 Å². The average Bonchev–Trinajstić information content (AvgIpc) is 2.89. The van der Waals surface area contributed by atoms with Gasteiger partial charge in [-0.1, -0.05) is 18.2 Å². The zero-order valence-corrected chi connectivity index (χ0v) is 10.0. The molecule has 2 heterocycles. The van der Waals surface area contributed by atoms with Crippen LogP contribution >= 0.6 is 0 Å². The van der Waals surface area contributed by atoms with Gasteiger partial charge in [0.2, 0.25) is 0 Å². The highest BCUT2D eigenvalue weighted by molar-refractivity contribution is 5.37. The monoisotopic (exact) mass is 233 g/mol. The van der Waals surface area contributed by atoms with E-state index in [1.165, 1.54) is 12.0 Å². The van der Waals surface area contributed by atoms with Gasteiger partial charge in [-0.2, -0.15) is 0 Å². The van der Waals surface area contributed by atoms with Crippen LogP contribution in [0.4, 0.5) is 0 Å². The molecule has 1 saturated heterocycles. The highest BCUT2D eigenvalue weighted by atomic mass is 16.5. The molecule has 1 aromatic rings. The van der Waals surface area contributed by atoms with Gasteiger partial charge in [-0.15, -0.1) is 0 Å². The van der Waals surface area contributed by atoms with Crippen LogP contribution in [0.15, 0.2) is 24.3 Å². The topological polar surface area (TPSA) is 30.5 Å². The fraction of sp³-hybridized carbons (Fsp3) is 0.571. The SMILES string of the molecule is c1ccc2c(c1)OCCC2NCC1CCOC1. The molecule has 0 saturated carbocycles. The van der Waals surface area contributed by atoms with E-state index in [4.69, 9.17) is 9.47 Å². The minimum absolute atomic E-state index is 0.445. The van der Waals surface area contributed by atoms with E-state index in [0.29, 0.717) is 12.0 Å². The Morgan fingerprint density at radius 1 is 1.18 bits per heavy atom. The maximum Gasteiger partial charge on any atom is 0.124 e. The molecular formula is C14H19NO2. The number of benzene rings is 1. The molecule has 3 rings (SSSR count). The zero-order valence-electron chi connectivity index (χ0n) is 10.0. The number of hydrogen-bond donors (Lipinski definition) is 1. The molecule has 0 amide bonds. The van der Waals surface area contributed by atoms with Crippen molar-refractivity contribution >= 4 is 0 Å². The molecule has 0 aliphatic carbocycles. The molecule has 2 atom stereocenters. The van der Waals surface area contributed by atoms with Gasteiger partial charge in [0.05, 0.1) is 13.2 Å². The molecule has 2 unspecified atom stereocenters. The molecule has 17 heavy (non-hydrogen) atoms. The first-order chi connectivity index (χ1) is 8.43. The number of para-hydroxylation sites is 1. The van der Waals surface area contributed by atoms with Gasteiger partial charge in [-0.05, 0) is 18.4 Å². The van der Waals surface area contributed by atoms with Crippen molar-refractivity contribution in [1.29, 1.82) is 0 Å². The summed E-state index contributed by atoms with van der Waals surface area (Å²) < 4.78 is 11.1. The second-order valence-electron chi connectivity index (χ2n) is 4.87. The lowest BCUT2D eigenvalue weighted by molar-refractivity contribution is 0.183. The Balaban J connectivity index is 1.64. The van der Waals surface area contributed by atoms with Gasteiger partial charge in [0, 0.05) is 31.2 Å². The van der Waals surface area contributed by atoms with E-state index >= 15 is 0 Å². The minimum atomic E-state index is 0.445. The van der Waals surface area contributed by atoms with Crippen LogP contribution in [0.1, 0.15) is 24.4 Å².